The van der Waals surface area contributed by atoms with E-state index in [2.05, 4.69) is 34.8 Å². The molecule has 16 heavy (non-hydrogen) atoms. The van der Waals surface area contributed by atoms with Gasteiger partial charge in [-0.15, -0.1) is 0 Å². The van der Waals surface area contributed by atoms with Gasteiger partial charge in [0.05, 0.1) is 5.25 Å². The van der Waals surface area contributed by atoms with Crippen LogP contribution in [0.4, 0.5) is 4.79 Å². The molecule has 1 unspecified atom stereocenters. The van der Waals surface area contributed by atoms with Crippen LogP contribution in [0.1, 0.15) is 30.8 Å². The van der Waals surface area contributed by atoms with Crippen LogP contribution in [0.15, 0.2) is 12.4 Å². The molecule has 0 saturated heterocycles. The zero-order chi connectivity index (χ0) is 11.8. The third-order valence-electron chi connectivity index (χ3n) is 2.01. The molecular formula is C10H17N3O2S. The van der Waals surface area contributed by atoms with E-state index in [4.69, 9.17) is 4.74 Å². The molecule has 0 aliphatic heterocycles. The van der Waals surface area contributed by atoms with E-state index in [-0.39, 0.29) is 11.9 Å². The fourth-order valence-electron chi connectivity index (χ4n) is 1.11. The molecule has 1 aromatic heterocycles. The van der Waals surface area contributed by atoms with Crippen LogP contribution in [-0.4, -0.2) is 29.2 Å². The van der Waals surface area contributed by atoms with Crippen molar-refractivity contribution in [2.75, 3.05) is 13.2 Å². The van der Waals surface area contributed by atoms with Gasteiger partial charge < -0.3 is 15.0 Å². The number of rotatable bonds is 6. The summed E-state index contributed by atoms with van der Waals surface area (Å²) in [5, 5.41) is 2.44. The molecule has 1 heterocycles. The van der Waals surface area contributed by atoms with Crippen LogP contribution < -0.4 is 5.32 Å². The van der Waals surface area contributed by atoms with Crippen LogP contribution in [0, 0.1) is 0 Å². The normalized spacial score (nSPS) is 12.1. The highest BCUT2D eigenvalue weighted by molar-refractivity contribution is 7.80. The second kappa shape index (κ2) is 7.16. The predicted octanol–water partition coefficient (Wildman–Crippen LogP) is 1.91. The third-order valence-corrected chi connectivity index (χ3v) is 2.40. The quantitative estimate of drug-likeness (QED) is 0.528. The molecule has 0 aliphatic carbocycles. The van der Waals surface area contributed by atoms with Gasteiger partial charge in [0, 0.05) is 18.9 Å². The molecule has 0 aliphatic rings. The number of ether oxygens (including phenoxy) is 1. The number of amides is 1. The Labute approximate surface area is 100 Å². The summed E-state index contributed by atoms with van der Waals surface area (Å²) in [4.78, 5) is 18.1. The first-order chi connectivity index (χ1) is 7.74. The number of H-pyrrole nitrogens is 1. The molecule has 2 N–H and O–H groups in total. The Kier molecular flexibility index (Phi) is 5.77. The number of imidazole rings is 1. The monoisotopic (exact) mass is 243 g/mol. The van der Waals surface area contributed by atoms with E-state index in [1.807, 2.05) is 0 Å². The van der Waals surface area contributed by atoms with Gasteiger partial charge in [-0.2, -0.15) is 12.6 Å². The Morgan fingerprint density at radius 2 is 2.56 bits per heavy atom. The largest absolute Gasteiger partial charge is 0.448 e. The number of aromatic amines is 1. The van der Waals surface area contributed by atoms with E-state index in [1.165, 1.54) is 0 Å². The molecular weight excluding hydrogens is 226 g/mol. The van der Waals surface area contributed by atoms with Crippen molar-refractivity contribution >= 4 is 18.7 Å². The number of hydrogen-bond acceptors (Lipinski definition) is 4. The average Bonchev–Trinajstić information content (AvgIpc) is 2.79. The summed E-state index contributed by atoms with van der Waals surface area (Å²) in [6.07, 6.45) is 4.94. The van der Waals surface area contributed by atoms with Gasteiger partial charge in [0.15, 0.2) is 0 Å². The van der Waals surface area contributed by atoms with E-state index < -0.39 is 6.09 Å². The lowest BCUT2D eigenvalue weighted by Crippen LogP contribution is -2.26. The van der Waals surface area contributed by atoms with E-state index in [9.17, 15) is 4.79 Å². The van der Waals surface area contributed by atoms with Crippen LogP contribution in [-0.2, 0) is 4.74 Å². The van der Waals surface area contributed by atoms with Gasteiger partial charge in [-0.1, -0.05) is 13.3 Å². The molecule has 1 aromatic rings. The molecule has 90 valence electrons. The fraction of sp³-hybridized carbons (Fsp3) is 0.600. The molecule has 0 spiro atoms. The van der Waals surface area contributed by atoms with E-state index in [1.54, 1.807) is 12.4 Å². The molecule has 6 heteroatoms. The number of nitrogens with zero attached hydrogens (tertiary/aromatic N) is 1. The molecule has 0 radical (unpaired) electrons. The number of carbonyl (C=O) groups excluding carboxylic acids is 1. The fourth-order valence-corrected chi connectivity index (χ4v) is 1.33. The summed E-state index contributed by atoms with van der Waals surface area (Å²) in [6.45, 7) is 2.91. The number of aromatic nitrogens is 2. The number of alkyl carbamates (subject to hydrolysis) is 1. The first kappa shape index (κ1) is 12.9. The van der Waals surface area contributed by atoms with E-state index >= 15 is 0 Å². The van der Waals surface area contributed by atoms with Crippen LogP contribution in [0.2, 0.25) is 0 Å². The maximum absolute atomic E-state index is 11.2. The number of thiol groups is 1. The second-order valence-corrected chi connectivity index (χ2v) is 3.99. The minimum absolute atomic E-state index is 0.203. The van der Waals surface area contributed by atoms with Crippen LogP contribution in [0.25, 0.3) is 0 Å². The van der Waals surface area contributed by atoms with Crippen molar-refractivity contribution in [3.8, 4) is 0 Å². The Balaban J connectivity index is 2.16. The van der Waals surface area contributed by atoms with Gasteiger partial charge in [0.1, 0.15) is 12.4 Å². The number of carbonyl (C=O) groups is 1. The summed E-state index contributed by atoms with van der Waals surface area (Å²) >= 11 is 4.27. The van der Waals surface area contributed by atoms with Gasteiger partial charge in [-0.25, -0.2) is 9.78 Å². The highest BCUT2D eigenvalue weighted by atomic mass is 32.1. The second-order valence-electron chi connectivity index (χ2n) is 3.37. The topological polar surface area (TPSA) is 67.0 Å². The van der Waals surface area contributed by atoms with Gasteiger partial charge in [0.25, 0.3) is 0 Å². The summed E-state index contributed by atoms with van der Waals surface area (Å²) in [5.41, 5.74) is 0. The molecule has 0 aromatic carbocycles. The van der Waals surface area contributed by atoms with Crippen molar-refractivity contribution < 1.29 is 9.53 Å². The van der Waals surface area contributed by atoms with Gasteiger partial charge in [-0.3, -0.25) is 0 Å². The molecule has 1 rings (SSSR count). The van der Waals surface area contributed by atoms with Crippen LogP contribution in [0.5, 0.6) is 0 Å². The van der Waals surface area contributed by atoms with Crippen LogP contribution in [0.3, 0.4) is 0 Å². The Morgan fingerprint density at radius 1 is 1.75 bits per heavy atom. The lowest BCUT2D eigenvalue weighted by Gasteiger charge is -2.09. The Bertz CT molecular complexity index is 303. The zero-order valence-corrected chi connectivity index (χ0v) is 10.2. The van der Waals surface area contributed by atoms with E-state index in [0.29, 0.717) is 12.4 Å². The van der Waals surface area contributed by atoms with Crippen molar-refractivity contribution in [2.24, 2.45) is 0 Å². The minimum atomic E-state index is -0.404. The molecule has 0 fully saturated rings. The standard InChI is InChI=1S/C10H17N3O2S/c1-2-3-4-13-10(14)15-7-8(16)9-11-5-6-12-9/h5-6,8,16H,2-4,7H2,1H3,(H,11,12)(H,13,14). The highest BCUT2D eigenvalue weighted by Gasteiger charge is 2.11. The number of nitrogens with one attached hydrogen (secondary N) is 2. The minimum Gasteiger partial charge on any atom is -0.448 e. The van der Waals surface area contributed by atoms with Crippen molar-refractivity contribution in [1.29, 1.82) is 0 Å². The summed E-state index contributed by atoms with van der Waals surface area (Å²) in [7, 11) is 0. The van der Waals surface area contributed by atoms with Crippen molar-refractivity contribution in [3.63, 3.8) is 0 Å². The molecule has 0 bridgehead atoms. The van der Waals surface area contributed by atoms with Crippen molar-refractivity contribution in [1.82, 2.24) is 15.3 Å². The average molecular weight is 243 g/mol. The maximum Gasteiger partial charge on any atom is 0.407 e. The third kappa shape index (κ3) is 4.57. The molecule has 0 saturated carbocycles. The number of unbranched alkanes of at least 4 members (excludes halogenated alkanes) is 1. The van der Waals surface area contributed by atoms with Crippen molar-refractivity contribution in [2.45, 2.75) is 25.0 Å². The maximum atomic E-state index is 11.2. The Morgan fingerprint density at radius 3 is 3.19 bits per heavy atom. The Hall–Kier alpha value is -1.17. The summed E-state index contributed by atoms with van der Waals surface area (Å²) < 4.78 is 4.99. The van der Waals surface area contributed by atoms with Gasteiger partial charge in [-0.05, 0) is 6.42 Å². The molecule has 1 atom stereocenters. The summed E-state index contributed by atoms with van der Waals surface area (Å²) in [5.74, 6) is 0.699. The van der Waals surface area contributed by atoms with Crippen molar-refractivity contribution in [3.05, 3.63) is 18.2 Å². The lowest BCUT2D eigenvalue weighted by atomic mass is 10.3. The van der Waals surface area contributed by atoms with Gasteiger partial charge >= 0.3 is 6.09 Å². The lowest BCUT2D eigenvalue weighted by molar-refractivity contribution is 0.146. The first-order valence-electron chi connectivity index (χ1n) is 5.32. The molecule has 1 amide bonds. The zero-order valence-electron chi connectivity index (χ0n) is 9.27. The SMILES string of the molecule is CCCCNC(=O)OCC(S)c1ncc[nH]1. The first-order valence-corrected chi connectivity index (χ1v) is 5.83. The van der Waals surface area contributed by atoms with Gasteiger partial charge in [0.2, 0.25) is 0 Å². The van der Waals surface area contributed by atoms with Crippen LogP contribution >= 0.6 is 12.6 Å². The number of hydrogen-bond donors (Lipinski definition) is 3. The highest BCUT2D eigenvalue weighted by Crippen LogP contribution is 2.15. The van der Waals surface area contributed by atoms with E-state index in [0.717, 1.165) is 12.8 Å². The molecule has 5 nitrogen and oxygen atoms in total. The predicted molar refractivity (Wildman–Crippen MR) is 64.6 cm³/mol. The smallest absolute Gasteiger partial charge is 0.407 e. The summed E-state index contributed by atoms with van der Waals surface area (Å²) in [6, 6.07) is 0.